The van der Waals surface area contributed by atoms with Crippen molar-refractivity contribution < 1.29 is 14.0 Å². The van der Waals surface area contributed by atoms with Crippen molar-refractivity contribution in [3.63, 3.8) is 0 Å². The van der Waals surface area contributed by atoms with Crippen molar-refractivity contribution in [2.24, 2.45) is 0 Å². The number of nitrogens with one attached hydrogen (secondary N) is 2. The lowest BCUT2D eigenvalue weighted by atomic mass is 10.4. The first kappa shape index (κ1) is 10.3. The minimum Gasteiger partial charge on any atom is -0.446 e. The summed E-state index contributed by atoms with van der Waals surface area (Å²) in [5.74, 6) is 0.978. The Kier molecular flexibility index (Phi) is 3.28. The zero-order valence-electron chi connectivity index (χ0n) is 8.09. The number of ketones is 1. The van der Waals surface area contributed by atoms with E-state index >= 15 is 0 Å². The topological polar surface area (TPSA) is 71.3 Å². The minimum absolute atomic E-state index is 0.0194. The van der Waals surface area contributed by atoms with Crippen molar-refractivity contribution in [1.82, 2.24) is 5.32 Å². The van der Waals surface area contributed by atoms with Crippen LogP contribution in [0.1, 0.15) is 12.7 Å². The van der Waals surface area contributed by atoms with E-state index in [0.29, 0.717) is 11.6 Å². The second-order valence-electron chi connectivity index (χ2n) is 2.92. The number of rotatable bonds is 3. The summed E-state index contributed by atoms with van der Waals surface area (Å²) in [6.07, 6.45) is 0. The summed E-state index contributed by atoms with van der Waals surface area (Å²) in [6.45, 7) is 3.20. The van der Waals surface area contributed by atoms with Crippen molar-refractivity contribution in [3.8, 4) is 0 Å². The lowest BCUT2D eigenvalue weighted by Crippen LogP contribution is -2.32. The van der Waals surface area contributed by atoms with Crippen molar-refractivity contribution in [3.05, 3.63) is 17.9 Å². The Morgan fingerprint density at radius 3 is 2.64 bits per heavy atom. The molecule has 5 nitrogen and oxygen atoms in total. The number of carbonyl (C=O) groups excluding carboxylic acids is 2. The van der Waals surface area contributed by atoms with Gasteiger partial charge in [0.25, 0.3) is 0 Å². The first-order valence-corrected chi connectivity index (χ1v) is 4.18. The molecule has 0 atom stereocenters. The SMILES string of the molecule is CC(=O)CNC(=O)Nc1ccc(C)o1. The Balaban J connectivity index is 2.37. The zero-order valence-corrected chi connectivity index (χ0v) is 8.09. The van der Waals surface area contributed by atoms with Gasteiger partial charge in [-0.2, -0.15) is 0 Å². The Morgan fingerprint density at radius 2 is 2.14 bits per heavy atom. The second-order valence-corrected chi connectivity index (χ2v) is 2.92. The Morgan fingerprint density at radius 1 is 1.43 bits per heavy atom. The molecule has 1 aromatic rings. The van der Waals surface area contributed by atoms with Crippen LogP contribution in [-0.4, -0.2) is 18.4 Å². The van der Waals surface area contributed by atoms with E-state index in [1.165, 1.54) is 6.92 Å². The monoisotopic (exact) mass is 196 g/mol. The molecular weight excluding hydrogens is 184 g/mol. The fourth-order valence-electron chi connectivity index (χ4n) is 0.863. The van der Waals surface area contributed by atoms with E-state index in [9.17, 15) is 9.59 Å². The number of Topliss-reactive ketones (excluding diaryl/α,β-unsaturated/α-hetero) is 1. The summed E-state index contributed by atoms with van der Waals surface area (Å²) in [5, 5.41) is 4.83. The number of aryl methyl sites for hydroxylation is 1. The highest BCUT2D eigenvalue weighted by Gasteiger charge is 2.04. The zero-order chi connectivity index (χ0) is 10.6. The van der Waals surface area contributed by atoms with Crippen LogP contribution in [0.4, 0.5) is 10.7 Å². The van der Waals surface area contributed by atoms with Gasteiger partial charge in [0.15, 0.2) is 0 Å². The largest absolute Gasteiger partial charge is 0.446 e. The summed E-state index contributed by atoms with van der Waals surface area (Å²) >= 11 is 0. The maximum absolute atomic E-state index is 11.1. The van der Waals surface area contributed by atoms with Gasteiger partial charge in [0.1, 0.15) is 11.5 Å². The van der Waals surface area contributed by atoms with Crippen LogP contribution in [0, 0.1) is 6.92 Å². The lowest BCUT2D eigenvalue weighted by molar-refractivity contribution is -0.116. The summed E-state index contributed by atoms with van der Waals surface area (Å²) in [5.41, 5.74) is 0. The van der Waals surface area contributed by atoms with Crippen LogP contribution in [0.2, 0.25) is 0 Å². The molecule has 0 saturated heterocycles. The van der Waals surface area contributed by atoms with E-state index in [-0.39, 0.29) is 12.3 Å². The molecule has 5 heteroatoms. The Labute approximate surface area is 81.5 Å². The van der Waals surface area contributed by atoms with E-state index in [1.807, 2.05) is 0 Å². The predicted molar refractivity (Wildman–Crippen MR) is 51.1 cm³/mol. The average Bonchev–Trinajstić information content (AvgIpc) is 2.48. The van der Waals surface area contributed by atoms with Gasteiger partial charge in [0.05, 0.1) is 6.54 Å². The van der Waals surface area contributed by atoms with Crippen molar-refractivity contribution in [2.45, 2.75) is 13.8 Å². The molecule has 1 aromatic heterocycles. The Hall–Kier alpha value is -1.78. The summed E-state index contributed by atoms with van der Waals surface area (Å²) in [7, 11) is 0. The van der Waals surface area contributed by atoms with Crippen LogP contribution >= 0.6 is 0 Å². The predicted octanol–water partition coefficient (Wildman–Crippen LogP) is 1.30. The third-order valence-electron chi connectivity index (χ3n) is 1.47. The van der Waals surface area contributed by atoms with E-state index in [4.69, 9.17) is 4.42 Å². The number of anilines is 1. The van der Waals surface area contributed by atoms with E-state index in [1.54, 1.807) is 19.1 Å². The fourth-order valence-corrected chi connectivity index (χ4v) is 0.863. The van der Waals surface area contributed by atoms with Crippen molar-refractivity contribution in [1.29, 1.82) is 0 Å². The van der Waals surface area contributed by atoms with Crippen molar-refractivity contribution >= 4 is 17.7 Å². The smallest absolute Gasteiger partial charge is 0.321 e. The number of carbonyl (C=O) groups is 2. The summed E-state index contributed by atoms with van der Waals surface area (Å²) < 4.78 is 5.10. The second kappa shape index (κ2) is 4.45. The molecule has 0 spiro atoms. The van der Waals surface area contributed by atoms with Gasteiger partial charge in [-0.15, -0.1) is 0 Å². The number of urea groups is 1. The molecule has 76 valence electrons. The molecule has 0 fully saturated rings. The highest BCUT2D eigenvalue weighted by molar-refractivity contribution is 5.91. The van der Waals surface area contributed by atoms with Gasteiger partial charge in [-0.1, -0.05) is 0 Å². The lowest BCUT2D eigenvalue weighted by Gasteiger charge is -2.02. The fraction of sp³-hybridized carbons (Fsp3) is 0.333. The average molecular weight is 196 g/mol. The number of hydrogen-bond acceptors (Lipinski definition) is 3. The number of furan rings is 1. The first-order chi connectivity index (χ1) is 6.58. The normalized spacial score (nSPS) is 9.57. The molecule has 0 unspecified atom stereocenters. The molecule has 0 aliphatic rings. The van der Waals surface area contributed by atoms with Crippen LogP contribution in [0.3, 0.4) is 0 Å². The van der Waals surface area contributed by atoms with Crippen LogP contribution in [0.15, 0.2) is 16.5 Å². The van der Waals surface area contributed by atoms with Gasteiger partial charge < -0.3 is 9.73 Å². The molecule has 0 bridgehead atoms. The third-order valence-corrected chi connectivity index (χ3v) is 1.47. The molecular formula is C9H12N2O3. The van der Waals surface area contributed by atoms with Gasteiger partial charge in [0.2, 0.25) is 5.88 Å². The van der Waals surface area contributed by atoms with E-state index in [0.717, 1.165) is 0 Å². The Bertz CT molecular complexity index is 344. The molecule has 2 N–H and O–H groups in total. The maximum atomic E-state index is 11.1. The van der Waals surface area contributed by atoms with Gasteiger partial charge in [-0.3, -0.25) is 10.1 Å². The van der Waals surface area contributed by atoms with Crippen LogP contribution in [0.25, 0.3) is 0 Å². The summed E-state index contributed by atoms with van der Waals surface area (Å²) in [6, 6.07) is 2.93. The highest BCUT2D eigenvalue weighted by Crippen LogP contribution is 2.11. The maximum Gasteiger partial charge on any atom is 0.321 e. The molecule has 14 heavy (non-hydrogen) atoms. The van der Waals surface area contributed by atoms with Gasteiger partial charge in [0, 0.05) is 6.07 Å². The highest BCUT2D eigenvalue weighted by atomic mass is 16.4. The summed E-state index contributed by atoms with van der Waals surface area (Å²) in [4.78, 5) is 21.6. The van der Waals surface area contributed by atoms with Gasteiger partial charge >= 0.3 is 6.03 Å². The molecule has 0 aliphatic carbocycles. The number of amides is 2. The quantitative estimate of drug-likeness (QED) is 0.765. The number of hydrogen-bond donors (Lipinski definition) is 2. The molecule has 1 rings (SSSR count). The molecule has 0 aliphatic heterocycles. The van der Waals surface area contributed by atoms with Crippen molar-refractivity contribution in [2.75, 3.05) is 11.9 Å². The van der Waals surface area contributed by atoms with E-state index in [2.05, 4.69) is 10.6 Å². The minimum atomic E-state index is -0.449. The molecule has 0 radical (unpaired) electrons. The molecule has 2 amide bonds. The van der Waals surface area contributed by atoms with Crippen LogP contribution < -0.4 is 10.6 Å². The molecule has 0 saturated carbocycles. The van der Waals surface area contributed by atoms with Gasteiger partial charge in [-0.25, -0.2) is 4.79 Å². The molecule has 0 aromatic carbocycles. The van der Waals surface area contributed by atoms with E-state index < -0.39 is 6.03 Å². The van der Waals surface area contributed by atoms with Crippen LogP contribution in [0.5, 0.6) is 0 Å². The standard InChI is InChI=1S/C9H12N2O3/c1-6(12)5-10-9(13)11-8-4-3-7(2)14-8/h3-4H,5H2,1-2H3,(H2,10,11,13). The molecule has 1 heterocycles. The third kappa shape index (κ3) is 3.30. The van der Waals surface area contributed by atoms with Crippen LogP contribution in [-0.2, 0) is 4.79 Å². The van der Waals surface area contributed by atoms with Gasteiger partial charge in [-0.05, 0) is 19.9 Å². The first-order valence-electron chi connectivity index (χ1n) is 4.18.